The van der Waals surface area contributed by atoms with E-state index in [9.17, 15) is 4.79 Å². The van der Waals surface area contributed by atoms with Gasteiger partial charge >= 0.3 is 5.97 Å². The fraction of sp³-hybridized carbons (Fsp3) is 0.636. The van der Waals surface area contributed by atoms with Gasteiger partial charge in [0.2, 0.25) is 0 Å². The number of carbonyl (C=O) groups is 1. The molecule has 0 aliphatic carbocycles. The van der Waals surface area contributed by atoms with E-state index in [0.717, 1.165) is 30.1 Å². The Bertz CT molecular complexity index is 422. The van der Waals surface area contributed by atoms with Crippen molar-refractivity contribution < 1.29 is 14.6 Å². The third kappa shape index (κ3) is 2.48. The second kappa shape index (κ2) is 4.85. The summed E-state index contributed by atoms with van der Waals surface area (Å²) in [6.45, 7) is 5.84. The zero-order chi connectivity index (χ0) is 12.4. The van der Waals surface area contributed by atoms with Gasteiger partial charge < -0.3 is 15.2 Å². The second-order valence-corrected chi connectivity index (χ2v) is 4.22. The van der Waals surface area contributed by atoms with Gasteiger partial charge in [0.1, 0.15) is 6.54 Å². The minimum absolute atomic E-state index is 0.0970. The molecule has 1 aromatic rings. The van der Waals surface area contributed by atoms with Gasteiger partial charge in [-0.15, -0.1) is 0 Å². The molecule has 1 atom stereocenters. The van der Waals surface area contributed by atoms with Gasteiger partial charge in [-0.05, 0) is 13.8 Å². The number of morpholine rings is 1. The molecule has 17 heavy (non-hydrogen) atoms. The molecule has 2 rings (SSSR count). The van der Waals surface area contributed by atoms with Gasteiger partial charge in [0.25, 0.3) is 0 Å². The summed E-state index contributed by atoms with van der Waals surface area (Å²) in [6.07, 6.45) is 0. The second-order valence-electron chi connectivity index (χ2n) is 4.22. The van der Waals surface area contributed by atoms with Crippen LogP contribution in [-0.2, 0) is 16.1 Å². The number of rotatable bonds is 3. The van der Waals surface area contributed by atoms with Gasteiger partial charge in [-0.1, -0.05) is 0 Å². The molecule has 0 bridgehead atoms. The summed E-state index contributed by atoms with van der Waals surface area (Å²) >= 11 is 0. The normalized spacial score (nSPS) is 20.5. The van der Waals surface area contributed by atoms with E-state index in [1.165, 1.54) is 4.68 Å². The van der Waals surface area contributed by atoms with E-state index < -0.39 is 5.97 Å². The lowest BCUT2D eigenvalue weighted by Gasteiger charge is -2.24. The molecular weight excluding hydrogens is 222 g/mol. The fourth-order valence-electron chi connectivity index (χ4n) is 2.25. The van der Waals surface area contributed by atoms with Gasteiger partial charge in [0, 0.05) is 17.8 Å². The predicted molar refractivity (Wildman–Crippen MR) is 60.9 cm³/mol. The zero-order valence-electron chi connectivity index (χ0n) is 10.1. The maximum absolute atomic E-state index is 10.7. The number of hydrogen-bond donors (Lipinski definition) is 2. The Kier molecular flexibility index (Phi) is 3.44. The smallest absolute Gasteiger partial charge is 0.325 e. The highest BCUT2D eigenvalue weighted by atomic mass is 16.5. The molecule has 2 heterocycles. The minimum Gasteiger partial charge on any atom is -0.480 e. The van der Waals surface area contributed by atoms with Crippen LogP contribution in [-0.4, -0.2) is 40.6 Å². The predicted octanol–water partition coefficient (Wildman–Crippen LogP) is 0.245. The summed E-state index contributed by atoms with van der Waals surface area (Å²) in [4.78, 5) is 10.7. The highest BCUT2D eigenvalue weighted by Crippen LogP contribution is 2.23. The van der Waals surface area contributed by atoms with E-state index >= 15 is 0 Å². The van der Waals surface area contributed by atoms with E-state index in [2.05, 4.69) is 10.4 Å². The lowest BCUT2D eigenvalue weighted by atomic mass is 10.0. The molecule has 0 spiro atoms. The van der Waals surface area contributed by atoms with E-state index in [1.807, 2.05) is 13.8 Å². The summed E-state index contributed by atoms with van der Waals surface area (Å²) in [5.41, 5.74) is 2.82. The van der Waals surface area contributed by atoms with Crippen molar-refractivity contribution in [3.05, 3.63) is 17.0 Å². The van der Waals surface area contributed by atoms with Crippen LogP contribution in [0.15, 0.2) is 0 Å². The quantitative estimate of drug-likeness (QED) is 0.790. The fourth-order valence-corrected chi connectivity index (χ4v) is 2.25. The number of aryl methyl sites for hydroxylation is 1. The first-order valence-electron chi connectivity index (χ1n) is 5.66. The number of hydrogen-bond acceptors (Lipinski definition) is 4. The molecule has 0 saturated carbocycles. The number of ether oxygens (including phenoxy) is 1. The monoisotopic (exact) mass is 239 g/mol. The van der Waals surface area contributed by atoms with E-state index in [4.69, 9.17) is 9.84 Å². The van der Waals surface area contributed by atoms with Crippen molar-refractivity contribution >= 4 is 5.97 Å². The molecule has 1 aliphatic rings. The van der Waals surface area contributed by atoms with Gasteiger partial charge in [0.05, 0.1) is 24.9 Å². The van der Waals surface area contributed by atoms with Crippen LogP contribution in [0.1, 0.15) is 23.0 Å². The van der Waals surface area contributed by atoms with Crippen LogP contribution in [0.2, 0.25) is 0 Å². The molecule has 1 aromatic heterocycles. The van der Waals surface area contributed by atoms with Crippen molar-refractivity contribution in [1.29, 1.82) is 0 Å². The highest BCUT2D eigenvalue weighted by Gasteiger charge is 2.23. The van der Waals surface area contributed by atoms with Crippen molar-refractivity contribution in [2.24, 2.45) is 0 Å². The van der Waals surface area contributed by atoms with Crippen LogP contribution in [0.4, 0.5) is 0 Å². The average Bonchev–Trinajstić information content (AvgIpc) is 2.54. The topological polar surface area (TPSA) is 76.4 Å². The average molecular weight is 239 g/mol. The first-order valence-corrected chi connectivity index (χ1v) is 5.66. The van der Waals surface area contributed by atoms with Crippen molar-refractivity contribution in [3.8, 4) is 0 Å². The van der Waals surface area contributed by atoms with Gasteiger partial charge in [-0.2, -0.15) is 5.10 Å². The third-order valence-corrected chi connectivity index (χ3v) is 2.99. The summed E-state index contributed by atoms with van der Waals surface area (Å²) in [5, 5.41) is 16.4. The van der Waals surface area contributed by atoms with Crippen LogP contribution >= 0.6 is 0 Å². The molecule has 0 amide bonds. The molecule has 1 aliphatic heterocycles. The molecule has 94 valence electrons. The molecular formula is C11H17N3O3. The minimum atomic E-state index is -0.880. The summed E-state index contributed by atoms with van der Waals surface area (Å²) in [5.74, 6) is -0.880. The third-order valence-electron chi connectivity index (χ3n) is 2.99. The molecule has 0 unspecified atom stereocenters. The number of nitrogens with zero attached hydrogens (tertiary/aromatic N) is 2. The van der Waals surface area contributed by atoms with Crippen LogP contribution in [0.5, 0.6) is 0 Å². The molecule has 0 radical (unpaired) electrons. The number of aromatic nitrogens is 2. The number of carboxylic acids is 1. The largest absolute Gasteiger partial charge is 0.480 e. The van der Waals surface area contributed by atoms with E-state index in [0.29, 0.717) is 6.61 Å². The Morgan fingerprint density at radius 1 is 1.65 bits per heavy atom. The van der Waals surface area contributed by atoms with Crippen LogP contribution in [0.25, 0.3) is 0 Å². The van der Waals surface area contributed by atoms with Crippen molar-refractivity contribution in [2.75, 3.05) is 19.8 Å². The van der Waals surface area contributed by atoms with Crippen molar-refractivity contribution in [1.82, 2.24) is 15.1 Å². The lowest BCUT2D eigenvalue weighted by Crippen LogP contribution is -2.35. The number of aliphatic carboxylic acids is 1. The molecule has 1 saturated heterocycles. The molecule has 6 heteroatoms. The van der Waals surface area contributed by atoms with Crippen molar-refractivity contribution in [3.63, 3.8) is 0 Å². The standard InChI is InChI=1S/C11H17N3O3/c1-7-11(9-6-17-4-3-12-9)8(2)14(13-7)5-10(15)16/h9,12H,3-6H2,1-2H3,(H,15,16)/t9-/m1/s1. The van der Waals surface area contributed by atoms with Crippen molar-refractivity contribution in [2.45, 2.75) is 26.4 Å². The Morgan fingerprint density at radius 2 is 2.41 bits per heavy atom. The van der Waals surface area contributed by atoms with Crippen LogP contribution < -0.4 is 5.32 Å². The molecule has 0 aromatic carbocycles. The van der Waals surface area contributed by atoms with E-state index in [1.54, 1.807) is 0 Å². The highest BCUT2D eigenvalue weighted by molar-refractivity contribution is 5.66. The Hall–Kier alpha value is -1.40. The Balaban J connectivity index is 2.26. The van der Waals surface area contributed by atoms with Gasteiger partial charge in [0.15, 0.2) is 0 Å². The number of nitrogens with one attached hydrogen (secondary N) is 1. The van der Waals surface area contributed by atoms with E-state index in [-0.39, 0.29) is 12.6 Å². The van der Waals surface area contributed by atoms with Gasteiger partial charge in [-0.3, -0.25) is 9.48 Å². The first-order chi connectivity index (χ1) is 8.09. The number of carboxylic acid groups (broad SMARTS) is 1. The SMILES string of the molecule is Cc1nn(CC(=O)O)c(C)c1[C@H]1COCCN1. The first kappa shape index (κ1) is 12.1. The van der Waals surface area contributed by atoms with Crippen LogP contribution in [0, 0.1) is 13.8 Å². The Morgan fingerprint density at radius 3 is 3.00 bits per heavy atom. The summed E-state index contributed by atoms with van der Waals surface area (Å²) < 4.78 is 6.95. The molecule has 1 fully saturated rings. The zero-order valence-corrected chi connectivity index (χ0v) is 10.1. The maximum Gasteiger partial charge on any atom is 0.325 e. The molecule has 2 N–H and O–H groups in total. The van der Waals surface area contributed by atoms with Gasteiger partial charge in [-0.25, -0.2) is 0 Å². The summed E-state index contributed by atoms with van der Waals surface area (Å²) in [6, 6.07) is 0.117. The maximum atomic E-state index is 10.7. The summed E-state index contributed by atoms with van der Waals surface area (Å²) in [7, 11) is 0. The van der Waals surface area contributed by atoms with Crippen LogP contribution in [0.3, 0.4) is 0 Å². The molecule has 6 nitrogen and oxygen atoms in total. The Labute approximate surface area is 99.6 Å². The lowest BCUT2D eigenvalue weighted by molar-refractivity contribution is -0.137.